The van der Waals surface area contributed by atoms with E-state index in [0.717, 1.165) is 17.0 Å². The molecule has 122 valence electrons. The summed E-state index contributed by atoms with van der Waals surface area (Å²) in [4.78, 5) is 26.9. The highest BCUT2D eigenvalue weighted by molar-refractivity contribution is 6.42. The minimum absolute atomic E-state index is 0.0318. The van der Waals surface area contributed by atoms with E-state index in [1.807, 2.05) is 30.3 Å². The lowest BCUT2D eigenvalue weighted by Gasteiger charge is -2.02. The Morgan fingerprint density at radius 3 is 2.50 bits per heavy atom. The lowest BCUT2D eigenvalue weighted by Crippen LogP contribution is -2.18. The Balaban J connectivity index is 1.62. The molecule has 2 heterocycles. The van der Waals surface area contributed by atoms with Crippen LogP contribution in [0.3, 0.4) is 0 Å². The van der Waals surface area contributed by atoms with E-state index in [1.54, 1.807) is 13.2 Å². The first-order chi connectivity index (χ1) is 11.7. The molecule has 8 heteroatoms. The number of carbonyl (C=O) groups excluding carboxylic acids is 2. The zero-order valence-electron chi connectivity index (χ0n) is 12.9. The number of benzene rings is 1. The molecular formula is C16H15N5O3. The van der Waals surface area contributed by atoms with Crippen LogP contribution in [-0.4, -0.2) is 44.3 Å². The molecule has 24 heavy (non-hydrogen) atoms. The molecule has 0 amide bonds. The third-order valence-electron chi connectivity index (χ3n) is 3.51. The fourth-order valence-electron chi connectivity index (χ4n) is 2.30. The van der Waals surface area contributed by atoms with Crippen LogP contribution in [0.5, 0.6) is 5.75 Å². The molecule has 0 bridgehead atoms. The summed E-state index contributed by atoms with van der Waals surface area (Å²) < 4.78 is 5.13. The van der Waals surface area contributed by atoms with Gasteiger partial charge in [-0.25, -0.2) is 0 Å². The van der Waals surface area contributed by atoms with Crippen molar-refractivity contribution in [2.45, 2.75) is 12.8 Å². The molecule has 0 aliphatic rings. The summed E-state index contributed by atoms with van der Waals surface area (Å²) in [5, 5.41) is 12.5. The Morgan fingerprint density at radius 1 is 1.08 bits per heavy atom. The molecule has 2 N–H and O–H groups in total. The van der Waals surface area contributed by atoms with Crippen molar-refractivity contribution in [3.05, 3.63) is 59.2 Å². The zero-order valence-corrected chi connectivity index (χ0v) is 12.9. The van der Waals surface area contributed by atoms with Crippen LogP contribution in [0.1, 0.15) is 27.6 Å². The van der Waals surface area contributed by atoms with Gasteiger partial charge in [0.05, 0.1) is 13.5 Å². The largest absolute Gasteiger partial charge is 0.497 e. The molecule has 0 aliphatic carbocycles. The fraction of sp³-hybridized carbons (Fsp3) is 0.188. The number of H-pyrrole nitrogens is 2. The third kappa shape index (κ3) is 3.54. The van der Waals surface area contributed by atoms with Gasteiger partial charge in [0.1, 0.15) is 5.75 Å². The van der Waals surface area contributed by atoms with Crippen molar-refractivity contribution < 1.29 is 14.3 Å². The lowest BCUT2D eigenvalue weighted by atomic mass is 10.1. The summed E-state index contributed by atoms with van der Waals surface area (Å²) in [6.45, 7) is 0. The van der Waals surface area contributed by atoms with Crippen molar-refractivity contribution in [2.24, 2.45) is 0 Å². The van der Waals surface area contributed by atoms with E-state index >= 15 is 0 Å². The molecule has 0 saturated heterocycles. The maximum Gasteiger partial charge on any atom is 0.269 e. The van der Waals surface area contributed by atoms with Gasteiger partial charge < -0.3 is 9.72 Å². The third-order valence-corrected chi connectivity index (χ3v) is 3.51. The highest BCUT2D eigenvalue weighted by Gasteiger charge is 2.21. The molecule has 3 rings (SSSR count). The second-order valence-electron chi connectivity index (χ2n) is 5.20. The summed E-state index contributed by atoms with van der Waals surface area (Å²) in [7, 11) is 1.62. The van der Waals surface area contributed by atoms with Gasteiger partial charge in [0, 0.05) is 17.8 Å². The standard InChI is InChI=1S/C16H15N5O3/c1-24-13-6-2-10(3-7-13)8-11-4-5-12(17-11)9-14(22)15(23)16-18-20-21-19-16/h2-7,17H,8-9H2,1H3,(H,18,19,20,21). The van der Waals surface area contributed by atoms with Crippen molar-refractivity contribution in [3.63, 3.8) is 0 Å². The SMILES string of the molecule is COc1ccc(Cc2ccc(CC(=O)C(=O)c3nn[nH]n3)[nH]2)cc1. The van der Waals surface area contributed by atoms with Gasteiger partial charge in [-0.15, -0.1) is 10.2 Å². The van der Waals surface area contributed by atoms with Crippen molar-refractivity contribution >= 4 is 11.6 Å². The number of carbonyl (C=O) groups is 2. The van der Waals surface area contributed by atoms with E-state index in [4.69, 9.17) is 4.74 Å². The van der Waals surface area contributed by atoms with Crippen molar-refractivity contribution in [1.82, 2.24) is 25.6 Å². The summed E-state index contributed by atoms with van der Waals surface area (Å²) in [6.07, 6.45) is 0.660. The Labute approximate surface area is 137 Å². The lowest BCUT2D eigenvalue weighted by molar-refractivity contribution is -0.114. The van der Waals surface area contributed by atoms with Crippen molar-refractivity contribution in [3.8, 4) is 5.75 Å². The molecular weight excluding hydrogens is 310 g/mol. The minimum Gasteiger partial charge on any atom is -0.497 e. The zero-order chi connectivity index (χ0) is 16.9. The Kier molecular flexibility index (Phi) is 4.46. The highest BCUT2D eigenvalue weighted by atomic mass is 16.5. The van der Waals surface area contributed by atoms with Crippen LogP contribution in [0.2, 0.25) is 0 Å². The van der Waals surface area contributed by atoms with Gasteiger partial charge in [0.15, 0.2) is 0 Å². The topological polar surface area (TPSA) is 114 Å². The summed E-state index contributed by atoms with van der Waals surface area (Å²) in [6, 6.07) is 11.4. The van der Waals surface area contributed by atoms with Crippen LogP contribution in [0.25, 0.3) is 0 Å². The summed E-state index contributed by atoms with van der Waals surface area (Å²) >= 11 is 0. The van der Waals surface area contributed by atoms with Crippen LogP contribution in [-0.2, 0) is 17.6 Å². The molecule has 0 atom stereocenters. The first-order valence-electron chi connectivity index (χ1n) is 7.26. The van der Waals surface area contributed by atoms with E-state index in [-0.39, 0.29) is 12.2 Å². The first kappa shape index (κ1) is 15.6. The van der Waals surface area contributed by atoms with Gasteiger partial charge in [-0.2, -0.15) is 5.21 Å². The van der Waals surface area contributed by atoms with E-state index in [2.05, 4.69) is 25.6 Å². The monoisotopic (exact) mass is 325 g/mol. The number of hydrogen-bond donors (Lipinski definition) is 2. The molecule has 8 nitrogen and oxygen atoms in total. The number of rotatable bonds is 7. The number of nitrogens with zero attached hydrogens (tertiary/aromatic N) is 3. The maximum absolute atomic E-state index is 11.9. The molecule has 0 radical (unpaired) electrons. The van der Waals surface area contributed by atoms with Crippen LogP contribution < -0.4 is 4.74 Å². The number of aromatic nitrogens is 5. The smallest absolute Gasteiger partial charge is 0.269 e. The maximum atomic E-state index is 11.9. The van der Waals surface area contributed by atoms with Gasteiger partial charge in [-0.3, -0.25) is 9.59 Å². The molecule has 0 unspecified atom stereocenters. The van der Waals surface area contributed by atoms with Gasteiger partial charge in [0.25, 0.3) is 5.78 Å². The first-order valence-corrected chi connectivity index (χ1v) is 7.26. The second-order valence-corrected chi connectivity index (χ2v) is 5.20. The molecule has 0 aliphatic heterocycles. The number of Topliss-reactive ketones (excluding diaryl/α,β-unsaturated/α-hetero) is 2. The second kappa shape index (κ2) is 6.86. The number of nitrogens with one attached hydrogen (secondary N) is 2. The molecule has 0 fully saturated rings. The van der Waals surface area contributed by atoms with Gasteiger partial charge in [0.2, 0.25) is 11.6 Å². The van der Waals surface area contributed by atoms with Crippen molar-refractivity contribution in [2.75, 3.05) is 7.11 Å². The normalized spacial score (nSPS) is 10.5. The summed E-state index contributed by atoms with van der Waals surface area (Å²) in [5.74, 6) is -0.759. The minimum atomic E-state index is -0.755. The number of tetrazole rings is 1. The van der Waals surface area contributed by atoms with Gasteiger partial charge in [-0.1, -0.05) is 12.1 Å². The quantitative estimate of drug-likeness (QED) is 0.497. The Bertz CT molecular complexity index is 837. The molecule has 2 aromatic heterocycles. The van der Waals surface area contributed by atoms with E-state index < -0.39 is 11.6 Å². The van der Waals surface area contributed by atoms with Crippen LogP contribution in [0, 0.1) is 0 Å². The predicted octanol–water partition coefficient (Wildman–Crippen LogP) is 1.12. The van der Waals surface area contributed by atoms with Gasteiger partial charge >= 0.3 is 0 Å². The van der Waals surface area contributed by atoms with Crippen LogP contribution in [0.4, 0.5) is 0 Å². The number of methoxy groups -OCH3 is 1. The van der Waals surface area contributed by atoms with E-state index in [9.17, 15) is 9.59 Å². The fourth-order valence-corrected chi connectivity index (χ4v) is 2.30. The van der Waals surface area contributed by atoms with Crippen LogP contribution in [0.15, 0.2) is 36.4 Å². The average molecular weight is 325 g/mol. The number of ketones is 2. The number of ether oxygens (including phenoxy) is 1. The Morgan fingerprint density at radius 2 is 1.83 bits per heavy atom. The Hall–Kier alpha value is -3.29. The van der Waals surface area contributed by atoms with E-state index in [1.165, 1.54) is 0 Å². The van der Waals surface area contributed by atoms with Crippen molar-refractivity contribution in [1.29, 1.82) is 0 Å². The van der Waals surface area contributed by atoms with Gasteiger partial charge in [-0.05, 0) is 35.0 Å². The van der Waals surface area contributed by atoms with Crippen LogP contribution >= 0.6 is 0 Å². The predicted molar refractivity (Wildman–Crippen MR) is 83.8 cm³/mol. The molecule has 0 saturated carbocycles. The molecule has 1 aromatic carbocycles. The number of hydrogen-bond acceptors (Lipinski definition) is 6. The average Bonchev–Trinajstić information content (AvgIpc) is 3.27. The molecule has 0 spiro atoms. The number of aromatic amines is 2. The highest BCUT2D eigenvalue weighted by Crippen LogP contribution is 2.15. The van der Waals surface area contributed by atoms with E-state index in [0.29, 0.717) is 12.1 Å². The molecule has 3 aromatic rings. The summed E-state index contributed by atoms with van der Waals surface area (Å²) in [5.41, 5.74) is 2.73.